The van der Waals surface area contributed by atoms with E-state index >= 15 is 0 Å². The van der Waals surface area contributed by atoms with Gasteiger partial charge in [0.05, 0.1) is 17.2 Å². The fourth-order valence-corrected chi connectivity index (χ4v) is 3.85. The number of amides is 1. The van der Waals surface area contributed by atoms with Gasteiger partial charge in [0.1, 0.15) is 12.9 Å². The zero-order valence-electron chi connectivity index (χ0n) is 14.0. The third-order valence-corrected chi connectivity index (χ3v) is 5.22. The van der Waals surface area contributed by atoms with Crippen molar-refractivity contribution in [3.05, 3.63) is 34.2 Å². The van der Waals surface area contributed by atoms with Crippen LogP contribution in [-0.4, -0.2) is 55.4 Å². The Morgan fingerprint density at radius 3 is 3.00 bits per heavy atom. The number of hydrogen-bond donors (Lipinski definition) is 1. The Morgan fingerprint density at radius 1 is 1.40 bits per heavy atom. The van der Waals surface area contributed by atoms with Crippen LogP contribution in [0.2, 0.25) is 0 Å². The first-order valence-corrected chi connectivity index (χ1v) is 8.92. The highest BCUT2D eigenvalue weighted by Gasteiger charge is 2.22. The molecule has 8 nitrogen and oxygen atoms in total. The van der Waals surface area contributed by atoms with E-state index in [9.17, 15) is 4.79 Å². The maximum atomic E-state index is 11.5. The molecule has 0 aromatic carbocycles. The van der Waals surface area contributed by atoms with Crippen LogP contribution < -0.4 is 0 Å². The molecule has 130 valence electrons. The molecule has 1 amide bonds. The van der Waals surface area contributed by atoms with Crippen molar-refractivity contribution in [2.75, 3.05) is 19.7 Å². The zero-order valence-corrected chi connectivity index (χ0v) is 14.8. The lowest BCUT2D eigenvalue weighted by Crippen LogP contribution is -2.26. The number of nitrogens with one attached hydrogen (secondary N) is 1. The van der Waals surface area contributed by atoms with Gasteiger partial charge in [-0.3, -0.25) is 4.57 Å². The first-order valence-electron chi connectivity index (χ1n) is 8.04. The molecule has 0 aliphatic carbocycles. The van der Waals surface area contributed by atoms with E-state index in [2.05, 4.69) is 26.6 Å². The Balaban J connectivity index is 1.54. The normalized spacial score (nSPS) is 14.3. The predicted octanol–water partition coefficient (Wildman–Crippen LogP) is 2.33. The number of thiazole rings is 1. The molecule has 1 fully saturated rings. The molecule has 4 rings (SSSR count). The number of carbonyl (C=O) groups is 1. The molecule has 0 saturated carbocycles. The molecule has 0 bridgehead atoms. The summed E-state index contributed by atoms with van der Waals surface area (Å²) in [7, 11) is 0. The van der Waals surface area contributed by atoms with E-state index in [0.717, 1.165) is 34.1 Å². The molecular formula is C16H18N6O2S. The minimum absolute atomic E-state index is 0.229. The lowest BCUT2D eigenvalue weighted by Gasteiger charge is -2.10. The molecule has 1 saturated heterocycles. The second-order valence-electron chi connectivity index (χ2n) is 5.91. The van der Waals surface area contributed by atoms with Gasteiger partial charge in [-0.2, -0.15) is 10.1 Å². The van der Waals surface area contributed by atoms with Crippen molar-refractivity contribution in [3.8, 4) is 17.2 Å². The number of carbonyl (C=O) groups excluding carboxylic acids is 1. The monoisotopic (exact) mass is 358 g/mol. The van der Waals surface area contributed by atoms with Crippen molar-refractivity contribution in [3.63, 3.8) is 0 Å². The number of nitrogens with zero attached hydrogens (tertiary/aromatic N) is 5. The van der Waals surface area contributed by atoms with Crippen LogP contribution in [-0.2, 0) is 11.2 Å². The fraction of sp³-hybridized carbons (Fsp3) is 0.375. The summed E-state index contributed by atoms with van der Waals surface area (Å²) in [5, 5.41) is 9.89. The molecular weight excluding hydrogens is 340 g/mol. The highest BCUT2D eigenvalue weighted by atomic mass is 32.1. The molecule has 0 radical (unpaired) electrons. The molecule has 3 aromatic heterocycles. The molecule has 1 aliphatic rings. The van der Waals surface area contributed by atoms with Gasteiger partial charge in [0, 0.05) is 35.3 Å². The second-order valence-corrected chi connectivity index (χ2v) is 6.85. The molecule has 25 heavy (non-hydrogen) atoms. The second kappa shape index (κ2) is 6.32. The topological polar surface area (TPSA) is 88.9 Å². The van der Waals surface area contributed by atoms with Crippen molar-refractivity contribution in [2.45, 2.75) is 20.3 Å². The van der Waals surface area contributed by atoms with Gasteiger partial charge in [0.25, 0.3) is 0 Å². The molecule has 0 unspecified atom stereocenters. The Labute approximate surface area is 148 Å². The summed E-state index contributed by atoms with van der Waals surface area (Å²) < 4.78 is 6.98. The van der Waals surface area contributed by atoms with Crippen molar-refractivity contribution < 1.29 is 9.53 Å². The van der Waals surface area contributed by atoms with Crippen molar-refractivity contribution in [1.29, 1.82) is 0 Å². The Kier molecular flexibility index (Phi) is 4.00. The van der Waals surface area contributed by atoms with E-state index in [1.54, 1.807) is 16.2 Å². The van der Waals surface area contributed by atoms with Crippen LogP contribution in [0.15, 0.2) is 17.8 Å². The molecule has 9 heteroatoms. The number of aromatic amines is 1. The van der Waals surface area contributed by atoms with Gasteiger partial charge >= 0.3 is 6.09 Å². The Bertz CT molecular complexity index is 898. The van der Waals surface area contributed by atoms with Crippen molar-refractivity contribution in [2.24, 2.45) is 0 Å². The quantitative estimate of drug-likeness (QED) is 0.756. The van der Waals surface area contributed by atoms with E-state index in [4.69, 9.17) is 9.72 Å². The summed E-state index contributed by atoms with van der Waals surface area (Å²) >= 11 is 1.62. The van der Waals surface area contributed by atoms with E-state index in [1.165, 1.54) is 6.33 Å². The first kappa shape index (κ1) is 15.8. The van der Waals surface area contributed by atoms with E-state index in [1.807, 2.05) is 18.4 Å². The molecule has 1 aliphatic heterocycles. The van der Waals surface area contributed by atoms with Crippen LogP contribution in [0.25, 0.3) is 17.2 Å². The molecule has 1 N–H and O–H groups in total. The third-order valence-electron chi connectivity index (χ3n) is 4.31. The van der Waals surface area contributed by atoms with E-state index in [-0.39, 0.29) is 6.09 Å². The molecule has 0 spiro atoms. The van der Waals surface area contributed by atoms with Crippen molar-refractivity contribution in [1.82, 2.24) is 29.6 Å². The van der Waals surface area contributed by atoms with Crippen LogP contribution in [0.3, 0.4) is 0 Å². The van der Waals surface area contributed by atoms with Crippen LogP contribution >= 0.6 is 11.3 Å². The van der Waals surface area contributed by atoms with Crippen molar-refractivity contribution >= 4 is 17.4 Å². The average molecular weight is 358 g/mol. The minimum Gasteiger partial charge on any atom is -0.448 e. The summed E-state index contributed by atoms with van der Waals surface area (Å²) in [5.74, 6) is 0.698. The first-order chi connectivity index (χ1) is 12.1. The SMILES string of the molecule is Cc1cc(-c2csc(CCN3CCOC3=O)n2)c(C)n1-c1ncn[nH]1. The maximum Gasteiger partial charge on any atom is 0.409 e. The van der Waals surface area contributed by atoms with E-state index < -0.39 is 0 Å². The molecule has 0 atom stereocenters. The number of cyclic esters (lactones) is 1. The summed E-state index contributed by atoms with van der Waals surface area (Å²) in [5.41, 5.74) is 4.16. The highest BCUT2D eigenvalue weighted by molar-refractivity contribution is 7.09. The average Bonchev–Trinajstić information content (AvgIpc) is 3.34. The number of ether oxygens (including phenoxy) is 1. The number of H-pyrrole nitrogens is 1. The standard InChI is InChI=1S/C16H18N6O2S/c1-10-7-12(11(2)22(10)15-17-9-18-20-15)13-8-25-14(19-13)3-4-21-5-6-24-16(21)23/h7-9H,3-6H2,1-2H3,(H,17,18,20). The van der Waals surface area contributed by atoms with Gasteiger partial charge in [-0.1, -0.05) is 0 Å². The van der Waals surface area contributed by atoms with Gasteiger partial charge in [0.15, 0.2) is 0 Å². The number of aryl methyl sites for hydroxylation is 1. The summed E-state index contributed by atoms with van der Waals surface area (Å²) in [4.78, 5) is 22.2. The number of rotatable bonds is 5. The van der Waals surface area contributed by atoms with Gasteiger partial charge in [0.2, 0.25) is 5.95 Å². The number of aromatic nitrogens is 5. The lowest BCUT2D eigenvalue weighted by molar-refractivity contribution is 0.159. The summed E-state index contributed by atoms with van der Waals surface area (Å²) in [6.45, 7) is 5.86. The van der Waals surface area contributed by atoms with Gasteiger partial charge in [-0.15, -0.1) is 11.3 Å². The van der Waals surface area contributed by atoms with E-state index in [0.29, 0.717) is 25.6 Å². The van der Waals surface area contributed by atoms with Gasteiger partial charge in [-0.05, 0) is 19.9 Å². The zero-order chi connectivity index (χ0) is 17.4. The smallest absolute Gasteiger partial charge is 0.409 e. The fourth-order valence-electron chi connectivity index (χ4n) is 3.06. The number of hydrogen-bond acceptors (Lipinski definition) is 6. The predicted molar refractivity (Wildman–Crippen MR) is 92.9 cm³/mol. The Morgan fingerprint density at radius 2 is 2.28 bits per heavy atom. The minimum atomic E-state index is -0.229. The van der Waals surface area contributed by atoms with Crippen LogP contribution in [0.4, 0.5) is 4.79 Å². The Hall–Kier alpha value is -2.68. The van der Waals surface area contributed by atoms with Crippen LogP contribution in [0.5, 0.6) is 0 Å². The highest BCUT2D eigenvalue weighted by Crippen LogP contribution is 2.29. The van der Waals surface area contributed by atoms with Gasteiger partial charge < -0.3 is 9.64 Å². The maximum absolute atomic E-state index is 11.5. The third kappa shape index (κ3) is 2.91. The van der Waals surface area contributed by atoms with Gasteiger partial charge in [-0.25, -0.2) is 14.9 Å². The summed E-state index contributed by atoms with van der Waals surface area (Å²) in [6, 6.07) is 2.11. The largest absolute Gasteiger partial charge is 0.448 e. The van der Waals surface area contributed by atoms with Crippen LogP contribution in [0.1, 0.15) is 16.4 Å². The summed E-state index contributed by atoms with van der Waals surface area (Å²) in [6.07, 6.45) is 2.01. The lowest BCUT2D eigenvalue weighted by atomic mass is 10.2. The molecule has 4 heterocycles. The van der Waals surface area contributed by atoms with Crippen LogP contribution in [0, 0.1) is 13.8 Å². The molecule has 3 aromatic rings.